The van der Waals surface area contributed by atoms with Crippen molar-refractivity contribution in [1.29, 1.82) is 0 Å². The number of methoxy groups -OCH3 is 1. The SMILES string of the molecule is CCOC(=O)C[C@H]1CC[C@H](Oc2ccc(CN(CCC3(c4ccc(OC)cc4)CCOC(C)(C)C3)C(=O)C(C)(C)C)cc2Cl)CC1. The molecule has 8 heteroatoms. The van der Waals surface area contributed by atoms with Crippen LogP contribution in [0.3, 0.4) is 0 Å². The fraction of sp³-hybridized carbons (Fsp3) is 0.632. The molecule has 0 radical (unpaired) electrons. The Morgan fingerprint density at radius 2 is 1.74 bits per heavy atom. The van der Waals surface area contributed by atoms with Crippen LogP contribution in [0, 0.1) is 11.3 Å². The lowest BCUT2D eigenvalue weighted by atomic mass is 9.67. The maximum Gasteiger partial charge on any atom is 0.306 e. The van der Waals surface area contributed by atoms with E-state index in [-0.39, 0.29) is 29.0 Å². The summed E-state index contributed by atoms with van der Waals surface area (Å²) in [5, 5.41) is 0.551. The number of carbonyl (C=O) groups excluding carboxylic acids is 2. The molecule has 1 saturated heterocycles. The molecule has 7 nitrogen and oxygen atoms in total. The second-order valence-electron chi connectivity index (χ2n) is 14.8. The van der Waals surface area contributed by atoms with E-state index in [1.54, 1.807) is 7.11 Å². The van der Waals surface area contributed by atoms with Gasteiger partial charge in [-0.15, -0.1) is 0 Å². The number of rotatable bonds is 12. The molecule has 2 fully saturated rings. The number of carbonyl (C=O) groups is 2. The lowest BCUT2D eigenvalue weighted by molar-refractivity contribution is -0.144. The van der Waals surface area contributed by atoms with Gasteiger partial charge in [-0.25, -0.2) is 0 Å². The van der Waals surface area contributed by atoms with Crippen molar-refractivity contribution >= 4 is 23.5 Å². The van der Waals surface area contributed by atoms with E-state index in [2.05, 4.69) is 26.0 Å². The predicted molar refractivity (Wildman–Crippen MR) is 183 cm³/mol. The van der Waals surface area contributed by atoms with Gasteiger partial charge in [0.05, 0.1) is 30.4 Å². The quantitative estimate of drug-likeness (QED) is 0.213. The Balaban J connectivity index is 1.46. The number of hydrogen-bond donors (Lipinski definition) is 0. The second-order valence-corrected chi connectivity index (χ2v) is 15.2. The van der Waals surface area contributed by atoms with E-state index in [4.69, 9.17) is 30.5 Å². The van der Waals surface area contributed by atoms with Crippen molar-refractivity contribution in [2.24, 2.45) is 11.3 Å². The van der Waals surface area contributed by atoms with Gasteiger partial charge in [0.1, 0.15) is 11.5 Å². The van der Waals surface area contributed by atoms with Crippen LogP contribution >= 0.6 is 11.6 Å². The summed E-state index contributed by atoms with van der Waals surface area (Å²) in [5.74, 6) is 1.84. The monoisotopic (exact) mass is 655 g/mol. The Morgan fingerprint density at radius 1 is 1.04 bits per heavy atom. The van der Waals surface area contributed by atoms with Crippen molar-refractivity contribution in [3.63, 3.8) is 0 Å². The van der Waals surface area contributed by atoms with Crippen molar-refractivity contribution in [1.82, 2.24) is 4.90 Å². The number of halogens is 1. The van der Waals surface area contributed by atoms with Gasteiger partial charge < -0.3 is 23.8 Å². The number of esters is 1. The molecule has 1 amide bonds. The largest absolute Gasteiger partial charge is 0.497 e. The van der Waals surface area contributed by atoms with E-state index in [1.807, 2.05) is 62.9 Å². The molecule has 2 aliphatic rings. The summed E-state index contributed by atoms with van der Waals surface area (Å²) in [4.78, 5) is 27.7. The smallest absolute Gasteiger partial charge is 0.306 e. The van der Waals surface area contributed by atoms with Gasteiger partial charge in [0.15, 0.2) is 0 Å². The molecule has 1 unspecified atom stereocenters. The van der Waals surface area contributed by atoms with E-state index in [0.29, 0.717) is 49.4 Å². The van der Waals surface area contributed by atoms with Gasteiger partial charge in [0, 0.05) is 36.9 Å². The number of benzene rings is 2. The lowest BCUT2D eigenvalue weighted by Gasteiger charge is -2.46. The molecule has 0 N–H and O–H groups in total. The maximum absolute atomic E-state index is 13.8. The summed E-state index contributed by atoms with van der Waals surface area (Å²) < 4.78 is 23.0. The molecule has 0 bridgehead atoms. The third-order valence-electron chi connectivity index (χ3n) is 9.55. The Hall–Kier alpha value is -2.77. The van der Waals surface area contributed by atoms with E-state index in [0.717, 1.165) is 56.3 Å². The highest BCUT2D eigenvalue weighted by Gasteiger charge is 2.43. The molecule has 0 aromatic heterocycles. The summed E-state index contributed by atoms with van der Waals surface area (Å²) in [5.41, 5.74) is 1.31. The summed E-state index contributed by atoms with van der Waals surface area (Å²) >= 11 is 6.78. The van der Waals surface area contributed by atoms with Gasteiger partial charge in [0.2, 0.25) is 5.91 Å². The maximum atomic E-state index is 13.8. The highest BCUT2D eigenvalue weighted by molar-refractivity contribution is 6.32. The Labute approximate surface area is 281 Å². The van der Waals surface area contributed by atoms with Crippen LogP contribution in [-0.4, -0.2) is 55.3 Å². The highest BCUT2D eigenvalue weighted by Crippen LogP contribution is 2.45. The van der Waals surface area contributed by atoms with Crippen LogP contribution < -0.4 is 9.47 Å². The molecule has 46 heavy (non-hydrogen) atoms. The molecule has 254 valence electrons. The van der Waals surface area contributed by atoms with Crippen molar-refractivity contribution in [3.05, 3.63) is 58.6 Å². The molecule has 1 saturated carbocycles. The summed E-state index contributed by atoms with van der Waals surface area (Å²) in [7, 11) is 1.68. The van der Waals surface area contributed by atoms with E-state index in [9.17, 15) is 9.59 Å². The zero-order valence-corrected chi connectivity index (χ0v) is 29.7. The molecule has 1 atom stereocenters. The van der Waals surface area contributed by atoms with E-state index in [1.165, 1.54) is 5.56 Å². The van der Waals surface area contributed by atoms with Crippen LogP contribution in [0.5, 0.6) is 11.5 Å². The summed E-state index contributed by atoms with van der Waals surface area (Å²) in [6, 6.07) is 14.3. The zero-order valence-electron chi connectivity index (χ0n) is 29.0. The first-order chi connectivity index (χ1) is 21.7. The van der Waals surface area contributed by atoms with Gasteiger partial charge in [-0.3, -0.25) is 9.59 Å². The van der Waals surface area contributed by atoms with Crippen LogP contribution in [0.15, 0.2) is 42.5 Å². The third kappa shape index (κ3) is 9.63. The van der Waals surface area contributed by atoms with Crippen molar-refractivity contribution in [2.45, 2.75) is 117 Å². The van der Waals surface area contributed by atoms with Crippen molar-refractivity contribution in [3.8, 4) is 11.5 Å². The van der Waals surface area contributed by atoms with Gasteiger partial charge in [-0.1, -0.05) is 50.6 Å². The van der Waals surface area contributed by atoms with Crippen LogP contribution in [-0.2, 0) is 31.0 Å². The molecular weight excluding hydrogens is 602 g/mol. The summed E-state index contributed by atoms with van der Waals surface area (Å²) in [6.45, 7) is 14.3. The fourth-order valence-electron chi connectivity index (χ4n) is 7.15. The van der Waals surface area contributed by atoms with E-state index < -0.39 is 5.41 Å². The van der Waals surface area contributed by atoms with Crippen molar-refractivity contribution < 1.29 is 28.5 Å². The number of nitrogens with zero attached hydrogens (tertiary/aromatic N) is 1. The van der Waals surface area contributed by atoms with Gasteiger partial charge >= 0.3 is 5.97 Å². The minimum absolute atomic E-state index is 0.0682. The van der Waals surface area contributed by atoms with Crippen LogP contribution in [0.2, 0.25) is 5.02 Å². The van der Waals surface area contributed by atoms with Crippen molar-refractivity contribution in [2.75, 3.05) is 26.9 Å². The molecular formula is C38H54ClNO6. The molecule has 1 aliphatic heterocycles. The molecule has 0 spiro atoms. The molecule has 2 aromatic carbocycles. The standard InChI is InChI=1S/C38H54ClNO6/c1-8-44-34(41)24-27-9-14-31(15-10-27)46-33-18-11-28(23-32(33)39)25-40(35(42)36(2,3)4)21-19-38(20-22-45-37(5,6)26-38)29-12-16-30(43-7)17-13-29/h11-13,16-18,23,27,31H,8-10,14-15,19-22,24-26H2,1-7H3/t27-,31-,38?. The topological polar surface area (TPSA) is 74.3 Å². The highest BCUT2D eigenvalue weighted by atomic mass is 35.5. The Kier molecular flexibility index (Phi) is 12.1. The first-order valence-corrected chi connectivity index (χ1v) is 17.3. The zero-order chi connectivity index (χ0) is 33.5. The molecule has 2 aromatic rings. The van der Waals surface area contributed by atoms with Crippen LogP contribution in [0.25, 0.3) is 0 Å². The minimum atomic E-state index is -0.527. The number of hydrogen-bond acceptors (Lipinski definition) is 6. The lowest BCUT2D eigenvalue weighted by Crippen LogP contribution is -2.47. The first-order valence-electron chi connectivity index (χ1n) is 16.9. The normalized spacial score (nSPS) is 23.0. The van der Waals surface area contributed by atoms with Gasteiger partial charge in [0.25, 0.3) is 0 Å². The average Bonchev–Trinajstić information content (AvgIpc) is 3.00. The molecule has 1 heterocycles. The van der Waals surface area contributed by atoms with Crippen LogP contribution in [0.4, 0.5) is 0 Å². The van der Waals surface area contributed by atoms with E-state index >= 15 is 0 Å². The minimum Gasteiger partial charge on any atom is -0.497 e. The molecule has 4 rings (SSSR count). The summed E-state index contributed by atoms with van der Waals surface area (Å²) in [6.07, 6.45) is 6.76. The number of amides is 1. The second kappa shape index (κ2) is 15.4. The Bertz CT molecular complexity index is 1310. The predicted octanol–water partition coefficient (Wildman–Crippen LogP) is 8.53. The molecule has 1 aliphatic carbocycles. The Morgan fingerprint density at radius 3 is 2.33 bits per heavy atom. The van der Waals surface area contributed by atoms with Crippen LogP contribution in [0.1, 0.15) is 104 Å². The first kappa shape index (κ1) is 36.1. The average molecular weight is 656 g/mol. The fourth-order valence-corrected chi connectivity index (χ4v) is 7.40. The van der Waals surface area contributed by atoms with Gasteiger partial charge in [-0.2, -0.15) is 0 Å². The number of ether oxygens (including phenoxy) is 4. The third-order valence-corrected chi connectivity index (χ3v) is 9.84. The van der Waals surface area contributed by atoms with Gasteiger partial charge in [-0.05, 0) is 107 Å².